The largest absolute Gasteiger partial charge is 0.329 e. The molecule has 0 unspecified atom stereocenters. The molecule has 138 valence electrons. The molecule has 0 aromatic carbocycles. The first-order valence-electron chi connectivity index (χ1n) is 8.54. The molecule has 1 aliphatic rings. The number of nitrogens with zero attached hydrogens (tertiary/aromatic N) is 4. The van der Waals surface area contributed by atoms with Gasteiger partial charge in [0, 0.05) is 17.6 Å². The van der Waals surface area contributed by atoms with Gasteiger partial charge in [0.05, 0.1) is 22.8 Å². The van der Waals surface area contributed by atoms with E-state index in [0.29, 0.717) is 22.8 Å². The van der Waals surface area contributed by atoms with Gasteiger partial charge in [0.25, 0.3) is 11.8 Å². The van der Waals surface area contributed by atoms with Gasteiger partial charge in [-0.25, -0.2) is 4.63 Å². The number of aryl methyl sites for hydroxylation is 1. The molecule has 1 aliphatic heterocycles. The van der Waals surface area contributed by atoms with E-state index >= 15 is 0 Å². The van der Waals surface area contributed by atoms with Crippen molar-refractivity contribution in [1.82, 2.24) is 20.2 Å². The number of pyridine rings is 1. The predicted octanol–water partition coefficient (Wildman–Crippen LogP) is 3.06. The molecule has 0 spiro atoms. The van der Waals surface area contributed by atoms with E-state index in [0.717, 1.165) is 17.7 Å². The van der Waals surface area contributed by atoms with Crippen LogP contribution in [-0.4, -0.2) is 38.6 Å². The summed E-state index contributed by atoms with van der Waals surface area (Å²) in [7, 11) is 0. The molecule has 1 saturated heterocycles. The Hall–Kier alpha value is -3.07. The highest BCUT2D eigenvalue weighted by atomic mass is 32.1. The van der Waals surface area contributed by atoms with Crippen LogP contribution in [0.1, 0.15) is 49.6 Å². The van der Waals surface area contributed by atoms with Gasteiger partial charge in [0.2, 0.25) is 0 Å². The molecule has 1 atom stereocenters. The van der Waals surface area contributed by atoms with Crippen molar-refractivity contribution in [2.75, 3.05) is 11.9 Å². The molecule has 3 aromatic heterocycles. The number of nitrogens with one attached hydrogen (secondary N) is 1. The Balaban J connectivity index is 1.51. The van der Waals surface area contributed by atoms with Crippen molar-refractivity contribution in [1.29, 1.82) is 0 Å². The van der Waals surface area contributed by atoms with Gasteiger partial charge in [-0.1, -0.05) is 5.16 Å². The lowest BCUT2D eigenvalue weighted by molar-refractivity contribution is 0.0726. The summed E-state index contributed by atoms with van der Waals surface area (Å²) in [5, 5.41) is 10.2. The van der Waals surface area contributed by atoms with Crippen molar-refractivity contribution >= 4 is 28.8 Å². The highest BCUT2D eigenvalue weighted by molar-refractivity contribution is 7.14. The van der Waals surface area contributed by atoms with Gasteiger partial charge in [0.1, 0.15) is 5.69 Å². The van der Waals surface area contributed by atoms with Crippen LogP contribution < -0.4 is 5.32 Å². The number of amides is 2. The quantitative estimate of drug-likeness (QED) is 0.743. The van der Waals surface area contributed by atoms with Crippen LogP contribution in [0.5, 0.6) is 0 Å². The van der Waals surface area contributed by atoms with E-state index in [4.69, 9.17) is 0 Å². The van der Waals surface area contributed by atoms with Gasteiger partial charge in [-0.15, -0.1) is 11.3 Å². The van der Waals surface area contributed by atoms with Gasteiger partial charge in [-0.2, -0.15) is 0 Å². The Kier molecular flexibility index (Phi) is 4.68. The summed E-state index contributed by atoms with van der Waals surface area (Å²) in [5.74, 6) is -0.377. The summed E-state index contributed by atoms with van der Waals surface area (Å²) < 4.78 is 4.66. The topological polar surface area (TPSA) is 101 Å². The fourth-order valence-corrected chi connectivity index (χ4v) is 4.20. The molecular formula is C18H17N5O3S. The molecule has 2 amide bonds. The average molecular weight is 383 g/mol. The zero-order valence-corrected chi connectivity index (χ0v) is 15.4. The third-order valence-corrected chi connectivity index (χ3v) is 5.65. The van der Waals surface area contributed by atoms with Crippen LogP contribution in [0, 0.1) is 6.92 Å². The second kappa shape index (κ2) is 7.28. The SMILES string of the molecule is Cc1nonc1C(=O)N1CCC[C@@H]1c1ccc(C(=O)Nc2cccnc2)s1. The Labute approximate surface area is 159 Å². The number of carbonyl (C=O) groups excluding carboxylic acids is 2. The lowest BCUT2D eigenvalue weighted by Crippen LogP contribution is -2.30. The minimum atomic E-state index is -0.189. The molecule has 8 nitrogen and oxygen atoms in total. The third-order valence-electron chi connectivity index (χ3n) is 4.47. The van der Waals surface area contributed by atoms with Gasteiger partial charge < -0.3 is 10.2 Å². The smallest absolute Gasteiger partial charge is 0.278 e. The number of likely N-dealkylation sites (tertiary alicyclic amines) is 1. The van der Waals surface area contributed by atoms with Crippen LogP contribution in [-0.2, 0) is 0 Å². The maximum absolute atomic E-state index is 12.8. The standard InChI is InChI=1S/C18H17N5O3S/c1-11-16(22-26-21-11)18(25)23-9-3-5-13(23)14-6-7-15(27-14)17(24)20-12-4-2-8-19-10-12/h2,4,6-8,10,13H,3,5,9H2,1H3,(H,20,24)/t13-/m1/s1. The van der Waals surface area contributed by atoms with Crippen molar-refractivity contribution in [3.63, 3.8) is 0 Å². The van der Waals surface area contributed by atoms with Crippen LogP contribution >= 0.6 is 11.3 Å². The molecule has 9 heteroatoms. The minimum Gasteiger partial charge on any atom is -0.329 e. The summed E-state index contributed by atoms with van der Waals surface area (Å²) in [6.45, 7) is 2.34. The number of rotatable bonds is 4. The van der Waals surface area contributed by atoms with Crippen LogP contribution in [0.15, 0.2) is 41.3 Å². The highest BCUT2D eigenvalue weighted by Gasteiger charge is 2.34. The number of thiophene rings is 1. The average Bonchev–Trinajstić information content (AvgIpc) is 3.42. The van der Waals surface area contributed by atoms with Crippen LogP contribution in [0.3, 0.4) is 0 Å². The van der Waals surface area contributed by atoms with E-state index < -0.39 is 0 Å². The highest BCUT2D eigenvalue weighted by Crippen LogP contribution is 2.37. The van der Waals surface area contributed by atoms with Crippen molar-refractivity contribution in [3.05, 3.63) is 57.8 Å². The molecule has 0 radical (unpaired) electrons. The molecule has 0 aliphatic carbocycles. The fourth-order valence-electron chi connectivity index (χ4n) is 3.15. The number of hydrogen-bond donors (Lipinski definition) is 1. The van der Waals surface area contributed by atoms with E-state index in [1.807, 2.05) is 6.07 Å². The maximum Gasteiger partial charge on any atom is 0.278 e. The van der Waals surface area contributed by atoms with Crippen LogP contribution in [0.4, 0.5) is 5.69 Å². The summed E-state index contributed by atoms with van der Waals surface area (Å²) in [5.41, 5.74) is 1.37. The second-order valence-electron chi connectivity index (χ2n) is 6.25. The van der Waals surface area contributed by atoms with Crippen molar-refractivity contribution in [2.45, 2.75) is 25.8 Å². The van der Waals surface area contributed by atoms with Crippen molar-refractivity contribution in [2.24, 2.45) is 0 Å². The van der Waals surface area contributed by atoms with Gasteiger partial charge in [-0.05, 0) is 49.2 Å². The third kappa shape index (κ3) is 3.45. The molecule has 4 heterocycles. The Morgan fingerprint density at radius 2 is 2.19 bits per heavy atom. The zero-order chi connectivity index (χ0) is 18.8. The summed E-state index contributed by atoms with van der Waals surface area (Å²) >= 11 is 1.39. The summed E-state index contributed by atoms with van der Waals surface area (Å²) in [4.78, 5) is 32.6. The lowest BCUT2D eigenvalue weighted by Gasteiger charge is -2.22. The Bertz CT molecular complexity index is 968. The summed E-state index contributed by atoms with van der Waals surface area (Å²) in [6, 6.07) is 7.17. The normalized spacial score (nSPS) is 16.5. The van der Waals surface area contributed by atoms with E-state index in [-0.39, 0.29) is 23.6 Å². The van der Waals surface area contributed by atoms with Gasteiger partial charge >= 0.3 is 0 Å². The first kappa shape index (κ1) is 17.3. The zero-order valence-electron chi connectivity index (χ0n) is 14.6. The molecule has 3 aromatic rings. The maximum atomic E-state index is 12.8. The first-order chi connectivity index (χ1) is 13.1. The molecule has 27 heavy (non-hydrogen) atoms. The fraction of sp³-hybridized carbons (Fsp3) is 0.278. The first-order valence-corrected chi connectivity index (χ1v) is 9.36. The Morgan fingerprint density at radius 1 is 1.30 bits per heavy atom. The number of carbonyl (C=O) groups is 2. The lowest BCUT2D eigenvalue weighted by atomic mass is 10.1. The van der Waals surface area contributed by atoms with E-state index in [1.165, 1.54) is 11.3 Å². The molecular weight excluding hydrogens is 366 g/mol. The van der Waals surface area contributed by atoms with E-state index in [2.05, 4.69) is 25.2 Å². The van der Waals surface area contributed by atoms with E-state index in [9.17, 15) is 9.59 Å². The summed E-state index contributed by atoms with van der Waals surface area (Å²) in [6.07, 6.45) is 4.99. The molecule has 0 saturated carbocycles. The second-order valence-corrected chi connectivity index (χ2v) is 7.37. The molecule has 4 rings (SSSR count). The molecule has 0 bridgehead atoms. The Morgan fingerprint density at radius 3 is 2.93 bits per heavy atom. The van der Waals surface area contributed by atoms with Crippen LogP contribution in [0.2, 0.25) is 0 Å². The predicted molar refractivity (Wildman–Crippen MR) is 98.6 cm³/mol. The number of hydrogen-bond acceptors (Lipinski definition) is 7. The number of anilines is 1. The number of aromatic nitrogens is 3. The molecule has 1 fully saturated rings. The van der Waals surface area contributed by atoms with Gasteiger partial charge in [0.15, 0.2) is 5.69 Å². The molecule has 1 N–H and O–H groups in total. The van der Waals surface area contributed by atoms with E-state index in [1.54, 1.807) is 42.4 Å². The minimum absolute atomic E-state index is 0.0708. The van der Waals surface area contributed by atoms with Crippen molar-refractivity contribution in [3.8, 4) is 0 Å². The van der Waals surface area contributed by atoms with Gasteiger partial charge in [-0.3, -0.25) is 14.6 Å². The van der Waals surface area contributed by atoms with Crippen molar-refractivity contribution < 1.29 is 14.2 Å². The van der Waals surface area contributed by atoms with Crippen LogP contribution in [0.25, 0.3) is 0 Å². The monoisotopic (exact) mass is 383 g/mol.